The zero-order valence-electron chi connectivity index (χ0n) is 12.0. The molecule has 0 saturated carbocycles. The van der Waals surface area contributed by atoms with Gasteiger partial charge in [0.1, 0.15) is 0 Å². The summed E-state index contributed by atoms with van der Waals surface area (Å²) < 4.78 is 0. The van der Waals surface area contributed by atoms with Gasteiger partial charge in [0.05, 0.1) is 0 Å². The van der Waals surface area contributed by atoms with E-state index in [9.17, 15) is 0 Å². The molecule has 0 aliphatic heterocycles. The average molecular weight is 273 g/mol. The van der Waals surface area contributed by atoms with Crippen LogP contribution in [0.3, 0.4) is 0 Å². The summed E-state index contributed by atoms with van der Waals surface area (Å²) in [5.41, 5.74) is 1.57. The molecule has 1 N–H and O–H groups in total. The van der Waals surface area contributed by atoms with Gasteiger partial charge < -0.3 is 5.32 Å². The third-order valence-electron chi connectivity index (χ3n) is 3.59. The Bertz CT molecular complexity index is 473. The normalized spacial score (nSPS) is 13.4. The van der Waals surface area contributed by atoms with Gasteiger partial charge in [-0.2, -0.15) is 0 Å². The second kappa shape index (κ2) is 6.36. The maximum Gasteiger partial charge on any atom is 0.0317 e. The molecule has 0 saturated heterocycles. The zero-order chi connectivity index (χ0) is 13.7. The van der Waals surface area contributed by atoms with Crippen LogP contribution in [-0.4, -0.2) is 6.54 Å². The van der Waals surface area contributed by atoms with Crippen molar-refractivity contribution in [3.8, 4) is 0 Å². The van der Waals surface area contributed by atoms with Crippen LogP contribution in [0, 0.1) is 0 Å². The SMILES string of the molecule is CCC(NCC(C)(C)c1cccs1)c1ccccc1. The summed E-state index contributed by atoms with van der Waals surface area (Å²) in [4.78, 5) is 1.45. The number of hydrogen-bond acceptors (Lipinski definition) is 2. The molecule has 102 valence electrons. The quantitative estimate of drug-likeness (QED) is 0.799. The van der Waals surface area contributed by atoms with E-state index < -0.39 is 0 Å². The molecule has 2 aromatic rings. The van der Waals surface area contributed by atoms with E-state index in [0.717, 1.165) is 13.0 Å². The predicted octanol–water partition coefficient (Wildman–Crippen LogP) is 4.77. The average Bonchev–Trinajstić information content (AvgIpc) is 2.95. The molecule has 1 nitrogen and oxygen atoms in total. The van der Waals surface area contributed by atoms with Crippen molar-refractivity contribution in [1.82, 2.24) is 5.32 Å². The molecule has 1 atom stereocenters. The van der Waals surface area contributed by atoms with Gasteiger partial charge in [0.15, 0.2) is 0 Å². The third-order valence-corrected chi connectivity index (χ3v) is 4.82. The van der Waals surface area contributed by atoms with Crippen LogP contribution >= 0.6 is 11.3 Å². The van der Waals surface area contributed by atoms with Crippen molar-refractivity contribution in [2.24, 2.45) is 0 Å². The second-order valence-electron chi connectivity index (χ2n) is 5.61. The Balaban J connectivity index is 2.01. The molecule has 0 bridgehead atoms. The fraction of sp³-hybridized carbons (Fsp3) is 0.412. The van der Waals surface area contributed by atoms with Gasteiger partial charge in [0, 0.05) is 22.9 Å². The molecule has 1 aromatic heterocycles. The van der Waals surface area contributed by atoms with E-state index in [1.54, 1.807) is 0 Å². The molecule has 2 rings (SSSR count). The summed E-state index contributed by atoms with van der Waals surface area (Å²) >= 11 is 1.84. The van der Waals surface area contributed by atoms with Gasteiger partial charge in [-0.05, 0) is 23.4 Å². The van der Waals surface area contributed by atoms with Gasteiger partial charge in [0.2, 0.25) is 0 Å². The lowest BCUT2D eigenvalue weighted by Crippen LogP contribution is -2.34. The monoisotopic (exact) mass is 273 g/mol. The summed E-state index contributed by atoms with van der Waals surface area (Å²) in [7, 11) is 0. The van der Waals surface area contributed by atoms with Crippen LogP contribution in [0.5, 0.6) is 0 Å². The lowest BCUT2D eigenvalue weighted by Gasteiger charge is -2.27. The Morgan fingerprint density at radius 2 is 1.84 bits per heavy atom. The molecular formula is C17H23NS. The smallest absolute Gasteiger partial charge is 0.0317 e. The minimum Gasteiger partial charge on any atom is -0.309 e. The van der Waals surface area contributed by atoms with Gasteiger partial charge in [-0.3, -0.25) is 0 Å². The minimum absolute atomic E-state index is 0.191. The third kappa shape index (κ3) is 3.68. The number of thiophene rings is 1. The number of hydrogen-bond donors (Lipinski definition) is 1. The largest absolute Gasteiger partial charge is 0.309 e. The number of rotatable bonds is 6. The van der Waals surface area contributed by atoms with E-state index in [0.29, 0.717) is 6.04 Å². The lowest BCUT2D eigenvalue weighted by molar-refractivity contribution is 0.421. The molecular weight excluding hydrogens is 250 g/mol. The molecule has 1 heterocycles. The van der Waals surface area contributed by atoms with E-state index in [4.69, 9.17) is 0 Å². The van der Waals surface area contributed by atoms with Crippen LogP contribution in [0.15, 0.2) is 47.8 Å². The minimum atomic E-state index is 0.191. The Labute approximate surface area is 120 Å². The fourth-order valence-electron chi connectivity index (χ4n) is 2.31. The predicted molar refractivity (Wildman–Crippen MR) is 84.8 cm³/mol. The summed E-state index contributed by atoms with van der Waals surface area (Å²) in [6, 6.07) is 15.5. The highest BCUT2D eigenvalue weighted by molar-refractivity contribution is 7.10. The Morgan fingerprint density at radius 3 is 2.42 bits per heavy atom. The maximum atomic E-state index is 3.72. The van der Waals surface area contributed by atoms with Gasteiger partial charge in [-0.1, -0.05) is 57.2 Å². The van der Waals surface area contributed by atoms with Crippen molar-refractivity contribution >= 4 is 11.3 Å². The molecule has 0 spiro atoms. The van der Waals surface area contributed by atoms with Crippen LogP contribution in [0.2, 0.25) is 0 Å². The highest BCUT2D eigenvalue weighted by Gasteiger charge is 2.22. The van der Waals surface area contributed by atoms with Gasteiger partial charge in [-0.15, -0.1) is 11.3 Å². The molecule has 0 fully saturated rings. The van der Waals surface area contributed by atoms with E-state index in [1.165, 1.54) is 10.4 Å². The molecule has 0 radical (unpaired) electrons. The van der Waals surface area contributed by atoms with Crippen molar-refractivity contribution in [1.29, 1.82) is 0 Å². The molecule has 1 aromatic carbocycles. The Kier molecular flexibility index (Phi) is 4.78. The zero-order valence-corrected chi connectivity index (χ0v) is 12.8. The van der Waals surface area contributed by atoms with E-state index >= 15 is 0 Å². The summed E-state index contributed by atoms with van der Waals surface area (Å²) in [5, 5.41) is 5.88. The molecule has 0 aliphatic rings. The topological polar surface area (TPSA) is 12.0 Å². The first-order valence-corrected chi connectivity index (χ1v) is 7.84. The van der Waals surface area contributed by atoms with Crippen molar-refractivity contribution in [2.45, 2.75) is 38.6 Å². The van der Waals surface area contributed by atoms with Gasteiger partial charge in [-0.25, -0.2) is 0 Å². The first-order chi connectivity index (χ1) is 9.13. The standard InChI is InChI=1S/C17H23NS/c1-4-15(14-9-6-5-7-10-14)18-13-17(2,3)16-11-8-12-19-16/h5-12,15,18H,4,13H2,1-3H3. The molecule has 0 amide bonds. The summed E-state index contributed by atoms with van der Waals surface area (Å²) in [5.74, 6) is 0. The van der Waals surface area contributed by atoms with Gasteiger partial charge in [0.25, 0.3) is 0 Å². The molecule has 1 unspecified atom stereocenters. The van der Waals surface area contributed by atoms with Crippen molar-refractivity contribution in [2.75, 3.05) is 6.54 Å². The number of nitrogens with one attached hydrogen (secondary N) is 1. The molecule has 0 aliphatic carbocycles. The second-order valence-corrected chi connectivity index (χ2v) is 6.56. The van der Waals surface area contributed by atoms with E-state index in [2.05, 4.69) is 73.9 Å². The highest BCUT2D eigenvalue weighted by atomic mass is 32.1. The maximum absolute atomic E-state index is 3.72. The highest BCUT2D eigenvalue weighted by Crippen LogP contribution is 2.28. The van der Waals surface area contributed by atoms with Crippen molar-refractivity contribution in [3.05, 3.63) is 58.3 Å². The van der Waals surface area contributed by atoms with Crippen LogP contribution in [0.1, 0.15) is 43.7 Å². The summed E-state index contributed by atoms with van der Waals surface area (Å²) in [6.45, 7) is 7.86. The Hall–Kier alpha value is -1.12. The first kappa shape index (κ1) is 14.3. The van der Waals surface area contributed by atoms with Crippen molar-refractivity contribution < 1.29 is 0 Å². The molecule has 2 heteroatoms. The number of benzene rings is 1. The van der Waals surface area contributed by atoms with Crippen LogP contribution in [0.25, 0.3) is 0 Å². The fourth-order valence-corrected chi connectivity index (χ4v) is 3.16. The van der Waals surface area contributed by atoms with E-state index in [-0.39, 0.29) is 5.41 Å². The van der Waals surface area contributed by atoms with E-state index in [1.807, 2.05) is 11.3 Å². The van der Waals surface area contributed by atoms with Crippen LogP contribution in [0.4, 0.5) is 0 Å². The van der Waals surface area contributed by atoms with Crippen LogP contribution in [-0.2, 0) is 5.41 Å². The first-order valence-electron chi connectivity index (χ1n) is 6.96. The van der Waals surface area contributed by atoms with Crippen molar-refractivity contribution in [3.63, 3.8) is 0 Å². The lowest BCUT2D eigenvalue weighted by atomic mass is 9.90. The van der Waals surface area contributed by atoms with Crippen LogP contribution < -0.4 is 5.32 Å². The van der Waals surface area contributed by atoms with Gasteiger partial charge >= 0.3 is 0 Å². The molecule has 19 heavy (non-hydrogen) atoms. The Morgan fingerprint density at radius 1 is 1.11 bits per heavy atom. The summed E-state index contributed by atoms with van der Waals surface area (Å²) in [6.07, 6.45) is 1.12.